The Kier molecular flexibility index (Phi) is 7.70. The van der Waals surface area contributed by atoms with E-state index in [0.717, 1.165) is 0 Å². The summed E-state index contributed by atoms with van der Waals surface area (Å²) in [4.78, 5) is 55.2. The Morgan fingerprint density at radius 3 is 2.32 bits per heavy atom. The number of nitrogens with zero attached hydrogens (tertiary/aromatic N) is 2. The Labute approximate surface area is 238 Å². The fraction of sp³-hybridized carbons (Fsp3) is 0.517. The molecule has 0 spiro atoms. The zero-order chi connectivity index (χ0) is 30.7. The van der Waals surface area contributed by atoms with Crippen molar-refractivity contribution in [3.05, 3.63) is 34.1 Å². The number of benzene rings is 1. The van der Waals surface area contributed by atoms with Gasteiger partial charge in [0.05, 0.1) is 17.3 Å². The highest BCUT2D eigenvalue weighted by atomic mass is 16.3. The summed E-state index contributed by atoms with van der Waals surface area (Å²) in [5.41, 5.74) is 2.60. The van der Waals surface area contributed by atoms with E-state index >= 15 is 0 Å². The van der Waals surface area contributed by atoms with Crippen molar-refractivity contribution in [3.8, 4) is 5.75 Å². The number of nitrogens with one attached hydrogen (secondary N) is 1. The minimum Gasteiger partial charge on any atom is -0.508 e. The maximum atomic E-state index is 14.0. The Bertz CT molecular complexity index is 1410. The average molecular weight is 571 g/mol. The average Bonchev–Trinajstić information content (AvgIpc) is 2.85. The monoisotopic (exact) mass is 570 g/mol. The highest BCUT2D eigenvalue weighted by Crippen LogP contribution is 2.54. The van der Waals surface area contributed by atoms with Gasteiger partial charge in [0.25, 0.3) is 5.91 Å². The predicted octanol–water partition coefficient (Wildman–Crippen LogP) is 1.40. The third-order valence-electron chi connectivity index (χ3n) is 8.40. The van der Waals surface area contributed by atoms with Gasteiger partial charge in [-0.3, -0.25) is 24.1 Å². The molecule has 1 aromatic rings. The summed E-state index contributed by atoms with van der Waals surface area (Å²) >= 11 is 0. The van der Waals surface area contributed by atoms with Crippen LogP contribution in [0.25, 0.3) is 5.76 Å². The summed E-state index contributed by atoms with van der Waals surface area (Å²) in [6.07, 6.45) is 0.988. The molecule has 222 valence electrons. The van der Waals surface area contributed by atoms with Crippen LogP contribution in [0.3, 0.4) is 0 Å². The molecule has 41 heavy (non-hydrogen) atoms. The quantitative estimate of drug-likeness (QED) is 0.206. The van der Waals surface area contributed by atoms with Crippen LogP contribution in [0.15, 0.2) is 23.0 Å². The summed E-state index contributed by atoms with van der Waals surface area (Å²) in [6, 6.07) is 0.443. The molecule has 3 aliphatic carbocycles. The Morgan fingerprint density at radius 1 is 1.15 bits per heavy atom. The highest BCUT2D eigenvalue weighted by molar-refractivity contribution is 6.24. The van der Waals surface area contributed by atoms with Gasteiger partial charge in [-0.2, -0.15) is 0 Å². The second kappa shape index (κ2) is 10.5. The lowest BCUT2D eigenvalue weighted by Gasteiger charge is -2.50. The fourth-order valence-electron chi connectivity index (χ4n) is 6.42. The predicted molar refractivity (Wildman–Crippen MR) is 151 cm³/mol. The molecule has 4 atom stereocenters. The third-order valence-corrected chi connectivity index (χ3v) is 8.40. The maximum absolute atomic E-state index is 14.0. The van der Waals surface area contributed by atoms with Crippen LogP contribution in [0.2, 0.25) is 0 Å². The number of hydrogen-bond donors (Lipinski definition) is 6. The number of primary amides is 1. The number of hydrogen-bond acceptors (Lipinski definition) is 10. The molecule has 1 aromatic carbocycles. The van der Waals surface area contributed by atoms with Crippen LogP contribution in [0.5, 0.6) is 5.75 Å². The first-order chi connectivity index (χ1) is 19.0. The first-order valence-electron chi connectivity index (χ1n) is 13.5. The largest absolute Gasteiger partial charge is 0.508 e. The summed E-state index contributed by atoms with van der Waals surface area (Å²) in [6.45, 7) is 3.97. The van der Waals surface area contributed by atoms with Gasteiger partial charge >= 0.3 is 0 Å². The van der Waals surface area contributed by atoms with Crippen LogP contribution in [-0.2, 0) is 25.6 Å². The smallest absolute Gasteiger partial charge is 0.255 e. The van der Waals surface area contributed by atoms with Gasteiger partial charge in [-0.1, -0.05) is 13.8 Å². The summed E-state index contributed by atoms with van der Waals surface area (Å²) < 4.78 is 0. The minimum absolute atomic E-state index is 0.00686. The molecule has 0 radical (unpaired) electrons. The number of amides is 2. The molecule has 12 nitrogen and oxygen atoms in total. The van der Waals surface area contributed by atoms with Gasteiger partial charge in [-0.25, -0.2) is 0 Å². The number of carbonyl (C=O) groups is 4. The number of likely N-dealkylation sites (N-methyl/N-ethyl adjacent to an activating group) is 1. The van der Waals surface area contributed by atoms with Gasteiger partial charge in [-0.15, -0.1) is 0 Å². The number of aliphatic hydroxyl groups excluding tert-OH is 2. The summed E-state index contributed by atoms with van der Waals surface area (Å²) in [7, 11) is 6.61. The van der Waals surface area contributed by atoms with Crippen molar-refractivity contribution in [2.45, 2.75) is 51.2 Å². The molecule has 0 heterocycles. The number of Topliss-reactive ketones (excluding diaryl/α,β-unsaturated/α-hetero) is 2. The van der Waals surface area contributed by atoms with Crippen molar-refractivity contribution >= 4 is 40.5 Å². The maximum Gasteiger partial charge on any atom is 0.255 e. The minimum atomic E-state index is -2.72. The van der Waals surface area contributed by atoms with Gasteiger partial charge in [-0.05, 0) is 56.8 Å². The molecule has 0 saturated heterocycles. The summed E-state index contributed by atoms with van der Waals surface area (Å²) in [5.74, 6) is -7.28. The number of nitrogens with two attached hydrogens (primary N) is 1. The van der Waals surface area contributed by atoms with Crippen LogP contribution in [-0.4, -0.2) is 88.5 Å². The normalized spacial score (nSPS) is 25.7. The molecular weight excluding hydrogens is 532 g/mol. The van der Waals surface area contributed by atoms with E-state index < -0.39 is 63.8 Å². The number of aliphatic hydroxyl groups is 3. The fourth-order valence-corrected chi connectivity index (χ4v) is 6.42. The van der Waals surface area contributed by atoms with E-state index in [1.54, 1.807) is 39.2 Å². The van der Waals surface area contributed by atoms with Gasteiger partial charge in [0, 0.05) is 37.7 Å². The molecule has 0 unspecified atom stereocenters. The van der Waals surface area contributed by atoms with Gasteiger partial charge in [0.2, 0.25) is 11.7 Å². The second-order valence-electron chi connectivity index (χ2n) is 12.0. The van der Waals surface area contributed by atoms with Crippen molar-refractivity contribution < 1.29 is 39.6 Å². The number of phenolic OH excluding ortho intramolecular Hbond substituents is 1. The van der Waals surface area contributed by atoms with Crippen LogP contribution in [0.1, 0.15) is 44.2 Å². The number of fused-ring (bicyclic) bond motifs is 3. The van der Waals surface area contributed by atoms with E-state index in [1.807, 2.05) is 13.8 Å². The third kappa shape index (κ3) is 4.64. The van der Waals surface area contributed by atoms with E-state index in [-0.39, 0.29) is 47.9 Å². The van der Waals surface area contributed by atoms with Crippen molar-refractivity contribution in [1.82, 2.24) is 4.90 Å². The molecule has 1 saturated carbocycles. The van der Waals surface area contributed by atoms with E-state index in [0.29, 0.717) is 17.7 Å². The van der Waals surface area contributed by atoms with Crippen LogP contribution in [0, 0.1) is 17.8 Å². The van der Waals surface area contributed by atoms with Crippen LogP contribution < -0.4 is 16.0 Å². The number of phenols is 1. The number of aromatic hydroxyl groups is 1. The molecule has 7 N–H and O–H groups in total. The molecule has 12 heteroatoms. The molecule has 4 rings (SSSR count). The van der Waals surface area contributed by atoms with E-state index in [2.05, 4.69) is 5.32 Å². The number of anilines is 2. The lowest BCUT2D eigenvalue weighted by Crippen LogP contribution is -2.65. The van der Waals surface area contributed by atoms with Gasteiger partial charge < -0.3 is 36.4 Å². The molecule has 1 fully saturated rings. The lowest BCUT2D eigenvalue weighted by molar-refractivity contribution is -0.153. The molecule has 0 bridgehead atoms. The molecule has 0 aliphatic heterocycles. The van der Waals surface area contributed by atoms with Crippen molar-refractivity contribution in [2.24, 2.45) is 23.5 Å². The van der Waals surface area contributed by atoms with Crippen molar-refractivity contribution in [2.75, 3.05) is 38.4 Å². The van der Waals surface area contributed by atoms with Crippen molar-refractivity contribution in [1.29, 1.82) is 0 Å². The van der Waals surface area contributed by atoms with E-state index in [1.165, 1.54) is 4.90 Å². The Hall–Kier alpha value is -3.90. The summed E-state index contributed by atoms with van der Waals surface area (Å²) in [5, 5.41) is 48.2. The Balaban J connectivity index is 1.91. The zero-order valence-electron chi connectivity index (χ0n) is 24.1. The van der Waals surface area contributed by atoms with E-state index in [9.17, 15) is 39.6 Å². The van der Waals surface area contributed by atoms with Crippen molar-refractivity contribution in [3.63, 3.8) is 0 Å². The van der Waals surface area contributed by atoms with E-state index in [4.69, 9.17) is 5.73 Å². The first kappa shape index (κ1) is 30.1. The standard InChI is InChI=1S/C29H38N4O8/c1-12(2)7-8-18(34)31-16-11-17(32(3)4)14-9-13-10-15-22(33(5)6)25(37)21(28(30)40)27(39)29(15,41)26(38)19(13)24(36)20(14)23(16)35/h11-13,15,22,35-36,39,41H,7-10H2,1-6H3,(H2,30,40)(H,31,34)/t13-,15-,22-,29-/m0/s1. The lowest BCUT2D eigenvalue weighted by atomic mass is 9.57. The van der Waals surface area contributed by atoms with Gasteiger partial charge in [0.15, 0.2) is 11.4 Å². The Morgan fingerprint density at radius 2 is 1.78 bits per heavy atom. The second-order valence-corrected chi connectivity index (χ2v) is 12.0. The molecule has 2 amide bonds. The van der Waals surface area contributed by atoms with Crippen LogP contribution >= 0.6 is 0 Å². The van der Waals surface area contributed by atoms with Crippen LogP contribution in [0.4, 0.5) is 11.4 Å². The number of carbonyl (C=O) groups excluding carboxylic acids is 4. The molecular formula is C29H38N4O8. The number of rotatable bonds is 7. The molecule has 0 aromatic heterocycles. The molecule has 3 aliphatic rings. The topological polar surface area (TPSA) is 194 Å². The first-order valence-corrected chi connectivity index (χ1v) is 13.5. The van der Waals surface area contributed by atoms with Gasteiger partial charge in [0.1, 0.15) is 22.8 Å². The number of ketones is 2. The SMILES string of the molecule is CC(C)CCC(=O)Nc1cc(N(C)C)c2c(c1O)C(O)=C1C(=O)[C@]3(O)C(O)=C(C(N)=O)C(=O)[C@@H](N(C)C)[C@@H]3C[C@@H]1C2. The zero-order valence-corrected chi connectivity index (χ0v) is 24.1. The highest BCUT2D eigenvalue weighted by Gasteiger charge is 2.64.